The van der Waals surface area contributed by atoms with Gasteiger partial charge in [0.2, 0.25) is 0 Å². The summed E-state index contributed by atoms with van der Waals surface area (Å²) >= 11 is 0. The van der Waals surface area contributed by atoms with E-state index in [-0.39, 0.29) is 0 Å². The Balaban J connectivity index is 2.05. The lowest BCUT2D eigenvalue weighted by Gasteiger charge is -2.05. The van der Waals surface area contributed by atoms with Crippen LogP contribution in [-0.4, -0.2) is 14.8 Å². The average molecular weight is 213 g/mol. The molecule has 0 atom stereocenters. The first-order valence-electron chi connectivity index (χ1n) is 4.86. The number of nitrogens with zero attached hydrogens (tertiary/aromatic N) is 4. The maximum Gasteiger partial charge on any atom is 0.151 e. The van der Waals surface area contributed by atoms with Crippen molar-refractivity contribution in [2.24, 2.45) is 7.05 Å². The number of aryl methyl sites for hydroxylation is 1. The Morgan fingerprint density at radius 2 is 2.38 bits per heavy atom. The van der Waals surface area contributed by atoms with Crippen molar-refractivity contribution in [3.63, 3.8) is 0 Å². The molecule has 0 aliphatic heterocycles. The minimum absolute atomic E-state index is 0.589. The fourth-order valence-corrected chi connectivity index (χ4v) is 1.35. The maximum absolute atomic E-state index is 8.75. The zero-order valence-electron chi connectivity index (χ0n) is 8.88. The largest absolute Gasteiger partial charge is 0.378 e. The molecule has 16 heavy (non-hydrogen) atoms. The number of aromatic nitrogens is 3. The summed E-state index contributed by atoms with van der Waals surface area (Å²) in [6.45, 7) is 0.589. The van der Waals surface area contributed by atoms with Gasteiger partial charge in [0.25, 0.3) is 0 Å². The van der Waals surface area contributed by atoms with Crippen molar-refractivity contribution in [2.45, 2.75) is 6.54 Å². The Morgan fingerprint density at radius 3 is 3.06 bits per heavy atom. The standard InChI is InChI=1S/C11H11N5/c1-16-8-14-15-11(16)7-13-10-4-2-3-9(5-10)6-12/h2-5,8,13H,7H2,1H3. The fourth-order valence-electron chi connectivity index (χ4n) is 1.35. The highest BCUT2D eigenvalue weighted by molar-refractivity contribution is 5.49. The first-order chi connectivity index (χ1) is 7.79. The van der Waals surface area contributed by atoms with Gasteiger partial charge in [0.1, 0.15) is 6.33 Å². The van der Waals surface area contributed by atoms with E-state index < -0.39 is 0 Å². The summed E-state index contributed by atoms with van der Waals surface area (Å²) in [7, 11) is 1.89. The Bertz CT molecular complexity index is 523. The van der Waals surface area contributed by atoms with E-state index in [9.17, 15) is 0 Å². The number of hydrogen-bond acceptors (Lipinski definition) is 4. The number of benzene rings is 1. The molecular formula is C11H11N5. The molecule has 0 radical (unpaired) electrons. The molecule has 1 aromatic carbocycles. The SMILES string of the molecule is Cn1cnnc1CNc1cccc(C#N)c1. The van der Waals surface area contributed by atoms with Crippen molar-refractivity contribution in [1.29, 1.82) is 5.26 Å². The third-order valence-corrected chi connectivity index (χ3v) is 2.25. The van der Waals surface area contributed by atoms with Gasteiger partial charge >= 0.3 is 0 Å². The lowest BCUT2D eigenvalue weighted by atomic mass is 10.2. The molecule has 0 saturated heterocycles. The monoisotopic (exact) mass is 213 g/mol. The van der Waals surface area contributed by atoms with E-state index in [0.29, 0.717) is 12.1 Å². The first-order valence-corrected chi connectivity index (χ1v) is 4.86. The van der Waals surface area contributed by atoms with Crippen LogP contribution >= 0.6 is 0 Å². The van der Waals surface area contributed by atoms with Gasteiger partial charge in [0.15, 0.2) is 5.82 Å². The molecule has 0 aliphatic rings. The van der Waals surface area contributed by atoms with Gasteiger partial charge in [0.05, 0.1) is 18.2 Å². The summed E-state index contributed by atoms with van der Waals surface area (Å²) in [5, 5.41) is 19.7. The molecule has 1 N–H and O–H groups in total. The third-order valence-electron chi connectivity index (χ3n) is 2.25. The summed E-state index contributed by atoms with van der Waals surface area (Å²) in [5.74, 6) is 0.849. The highest BCUT2D eigenvalue weighted by Crippen LogP contribution is 2.10. The van der Waals surface area contributed by atoms with Crippen LogP contribution < -0.4 is 5.32 Å². The van der Waals surface area contributed by atoms with Crippen molar-refractivity contribution in [3.05, 3.63) is 42.0 Å². The van der Waals surface area contributed by atoms with Crippen LogP contribution in [0.15, 0.2) is 30.6 Å². The Morgan fingerprint density at radius 1 is 1.50 bits per heavy atom. The van der Waals surface area contributed by atoms with Crippen LogP contribution in [0.4, 0.5) is 5.69 Å². The van der Waals surface area contributed by atoms with Crippen LogP contribution in [0.3, 0.4) is 0 Å². The van der Waals surface area contributed by atoms with Crippen LogP contribution in [0.25, 0.3) is 0 Å². The minimum atomic E-state index is 0.589. The number of nitriles is 1. The molecule has 2 rings (SSSR count). The van der Waals surface area contributed by atoms with Crippen LogP contribution in [-0.2, 0) is 13.6 Å². The molecule has 0 amide bonds. The number of anilines is 1. The summed E-state index contributed by atoms with van der Waals surface area (Å²) in [6, 6.07) is 9.43. The third kappa shape index (κ3) is 2.17. The summed E-state index contributed by atoms with van der Waals surface area (Å²) in [4.78, 5) is 0. The summed E-state index contributed by atoms with van der Waals surface area (Å²) in [5.41, 5.74) is 1.55. The van der Waals surface area contributed by atoms with Crippen LogP contribution in [0, 0.1) is 11.3 Å². The van der Waals surface area contributed by atoms with E-state index >= 15 is 0 Å². The second kappa shape index (κ2) is 4.45. The predicted octanol–water partition coefficient (Wildman–Crippen LogP) is 1.30. The molecule has 1 heterocycles. The van der Waals surface area contributed by atoms with Crippen molar-refractivity contribution in [1.82, 2.24) is 14.8 Å². The highest BCUT2D eigenvalue weighted by Gasteiger charge is 2.00. The average Bonchev–Trinajstić information content (AvgIpc) is 2.72. The molecule has 0 bridgehead atoms. The van der Waals surface area contributed by atoms with E-state index in [2.05, 4.69) is 21.6 Å². The van der Waals surface area contributed by atoms with Gasteiger partial charge in [-0.3, -0.25) is 0 Å². The Labute approximate surface area is 93.4 Å². The molecular weight excluding hydrogens is 202 g/mol. The molecule has 5 nitrogen and oxygen atoms in total. The molecule has 80 valence electrons. The maximum atomic E-state index is 8.75. The van der Waals surface area contributed by atoms with Gasteiger partial charge in [-0.15, -0.1) is 10.2 Å². The zero-order chi connectivity index (χ0) is 11.4. The van der Waals surface area contributed by atoms with Crippen LogP contribution in [0.2, 0.25) is 0 Å². The van der Waals surface area contributed by atoms with Gasteiger partial charge in [-0.2, -0.15) is 5.26 Å². The summed E-state index contributed by atoms with van der Waals surface area (Å²) < 4.78 is 1.85. The lowest BCUT2D eigenvalue weighted by molar-refractivity contribution is 0.812. The van der Waals surface area contributed by atoms with E-state index in [1.807, 2.05) is 23.7 Å². The molecule has 5 heteroatoms. The highest BCUT2D eigenvalue weighted by atomic mass is 15.3. The van der Waals surface area contributed by atoms with E-state index in [0.717, 1.165) is 11.5 Å². The zero-order valence-corrected chi connectivity index (χ0v) is 8.88. The molecule has 2 aromatic rings. The van der Waals surface area contributed by atoms with Crippen molar-refractivity contribution < 1.29 is 0 Å². The fraction of sp³-hybridized carbons (Fsp3) is 0.182. The summed E-state index contributed by atoms with van der Waals surface area (Å²) in [6.07, 6.45) is 1.66. The smallest absolute Gasteiger partial charge is 0.151 e. The quantitative estimate of drug-likeness (QED) is 0.834. The predicted molar refractivity (Wildman–Crippen MR) is 59.5 cm³/mol. The molecule has 0 spiro atoms. The first kappa shape index (κ1) is 10.2. The minimum Gasteiger partial charge on any atom is -0.378 e. The Kier molecular flexibility index (Phi) is 2.83. The second-order valence-corrected chi connectivity index (χ2v) is 3.40. The van der Waals surface area contributed by atoms with E-state index in [1.165, 1.54) is 0 Å². The number of hydrogen-bond donors (Lipinski definition) is 1. The number of rotatable bonds is 3. The molecule has 1 aromatic heterocycles. The molecule has 0 unspecified atom stereocenters. The van der Waals surface area contributed by atoms with Gasteiger partial charge in [-0.1, -0.05) is 6.07 Å². The van der Waals surface area contributed by atoms with Crippen LogP contribution in [0.5, 0.6) is 0 Å². The molecule has 0 fully saturated rings. The molecule has 0 saturated carbocycles. The lowest BCUT2D eigenvalue weighted by Crippen LogP contribution is -2.05. The van der Waals surface area contributed by atoms with E-state index in [1.54, 1.807) is 18.5 Å². The second-order valence-electron chi connectivity index (χ2n) is 3.40. The van der Waals surface area contributed by atoms with E-state index in [4.69, 9.17) is 5.26 Å². The Hall–Kier alpha value is -2.35. The normalized spacial score (nSPS) is 9.75. The molecule has 0 aliphatic carbocycles. The van der Waals surface area contributed by atoms with Gasteiger partial charge in [-0.25, -0.2) is 0 Å². The van der Waals surface area contributed by atoms with Crippen molar-refractivity contribution in [3.8, 4) is 6.07 Å². The van der Waals surface area contributed by atoms with Crippen LogP contribution in [0.1, 0.15) is 11.4 Å². The van der Waals surface area contributed by atoms with Gasteiger partial charge in [0, 0.05) is 12.7 Å². The van der Waals surface area contributed by atoms with Gasteiger partial charge < -0.3 is 9.88 Å². The van der Waals surface area contributed by atoms with Crippen molar-refractivity contribution >= 4 is 5.69 Å². The number of nitrogens with one attached hydrogen (secondary N) is 1. The van der Waals surface area contributed by atoms with Gasteiger partial charge in [-0.05, 0) is 18.2 Å². The van der Waals surface area contributed by atoms with Crippen molar-refractivity contribution in [2.75, 3.05) is 5.32 Å². The topological polar surface area (TPSA) is 66.5 Å².